The van der Waals surface area contributed by atoms with Crippen molar-refractivity contribution in [2.45, 2.75) is 9.79 Å². The molecule has 0 saturated heterocycles. The third kappa shape index (κ3) is 7.89. The molecule has 0 spiro atoms. The van der Waals surface area contributed by atoms with E-state index in [1.165, 1.54) is 9.79 Å². The molecule has 0 unspecified atom stereocenters. The minimum atomic E-state index is -3.67. The second-order valence-corrected chi connectivity index (χ2v) is 6.07. The molecule has 5 heteroatoms. The lowest BCUT2D eigenvalue weighted by Gasteiger charge is -1.99. The van der Waals surface area contributed by atoms with E-state index in [0.717, 1.165) is 0 Å². The van der Waals surface area contributed by atoms with Gasteiger partial charge < -0.3 is 0 Å². The smallest absolute Gasteiger partial charge is 0.261 e. The first-order chi connectivity index (χ1) is 8.45. The van der Waals surface area contributed by atoms with E-state index in [1.807, 2.05) is 12.1 Å². The van der Waals surface area contributed by atoms with Crippen molar-refractivity contribution in [3.8, 4) is 0 Å². The fourth-order valence-corrected chi connectivity index (χ4v) is 1.97. The normalized spacial score (nSPS) is 10.3. The zero-order valence-electron chi connectivity index (χ0n) is 9.85. The van der Waals surface area contributed by atoms with Crippen LogP contribution < -0.4 is 0 Å². The van der Waals surface area contributed by atoms with Gasteiger partial charge >= 0.3 is 0 Å². The summed E-state index contributed by atoms with van der Waals surface area (Å²) in [5, 5.41) is 0. The van der Waals surface area contributed by atoms with E-state index < -0.39 is 10.1 Å². The van der Waals surface area contributed by atoms with E-state index in [1.54, 1.807) is 11.8 Å². The van der Waals surface area contributed by atoms with Crippen LogP contribution in [-0.2, 0) is 10.1 Å². The first kappa shape index (κ1) is 14.8. The maximum atomic E-state index is 9.19. The molecule has 0 aliphatic heterocycles. The van der Waals surface area contributed by atoms with Gasteiger partial charge in [-0.05, 0) is 24.3 Å². The van der Waals surface area contributed by atoms with Crippen molar-refractivity contribution in [3.63, 3.8) is 0 Å². The third-order valence-electron chi connectivity index (χ3n) is 1.72. The van der Waals surface area contributed by atoms with Crippen molar-refractivity contribution in [2.75, 3.05) is 6.26 Å². The van der Waals surface area contributed by atoms with E-state index in [0.29, 0.717) is 6.26 Å². The van der Waals surface area contributed by atoms with Crippen molar-refractivity contribution in [2.24, 2.45) is 0 Å². The zero-order valence-corrected chi connectivity index (χ0v) is 11.5. The predicted molar refractivity (Wildman–Crippen MR) is 74.5 cm³/mol. The van der Waals surface area contributed by atoms with Gasteiger partial charge in [0.25, 0.3) is 10.1 Å². The van der Waals surface area contributed by atoms with E-state index >= 15 is 0 Å². The summed E-state index contributed by atoms with van der Waals surface area (Å²) >= 11 is 1.79. The molecular weight excluding hydrogens is 268 g/mol. The standard InChI is InChI=1S/C12H10S.CH4O3S/c1-3-7-11(8-4-1)13-12-9-5-2-6-10-12;1-5(2,3)4/h1-10H;1H3,(H,2,3,4). The Morgan fingerprint density at radius 2 is 1.11 bits per heavy atom. The van der Waals surface area contributed by atoms with E-state index in [-0.39, 0.29) is 0 Å². The van der Waals surface area contributed by atoms with Crippen LogP contribution in [0, 0.1) is 0 Å². The SMILES string of the molecule is CS(=O)(=O)O.c1ccc(Sc2ccccc2)cc1. The van der Waals surface area contributed by atoms with E-state index in [9.17, 15) is 8.42 Å². The minimum absolute atomic E-state index is 0.715. The molecule has 0 fully saturated rings. The monoisotopic (exact) mass is 282 g/mol. The van der Waals surface area contributed by atoms with Crippen LogP contribution in [0.4, 0.5) is 0 Å². The highest BCUT2D eigenvalue weighted by molar-refractivity contribution is 7.99. The summed E-state index contributed by atoms with van der Waals surface area (Å²) in [7, 11) is -3.67. The molecule has 2 aromatic carbocycles. The molecule has 2 aromatic rings. The second kappa shape index (κ2) is 7.20. The summed E-state index contributed by atoms with van der Waals surface area (Å²) in [5.41, 5.74) is 0. The molecule has 0 radical (unpaired) electrons. The molecule has 0 aliphatic rings. The summed E-state index contributed by atoms with van der Waals surface area (Å²) in [5.74, 6) is 0. The highest BCUT2D eigenvalue weighted by Crippen LogP contribution is 2.26. The summed E-state index contributed by atoms with van der Waals surface area (Å²) in [6, 6.07) is 20.8. The predicted octanol–water partition coefficient (Wildman–Crippen LogP) is 3.34. The molecule has 0 aliphatic carbocycles. The Kier molecular flexibility index (Phi) is 5.91. The molecule has 1 N–H and O–H groups in total. The summed E-state index contributed by atoms with van der Waals surface area (Å²) in [4.78, 5) is 2.57. The highest BCUT2D eigenvalue weighted by atomic mass is 32.2. The van der Waals surface area contributed by atoms with Crippen LogP contribution in [0.2, 0.25) is 0 Å². The lowest BCUT2D eigenvalue weighted by Crippen LogP contribution is -1.88. The van der Waals surface area contributed by atoms with Crippen LogP contribution in [0.3, 0.4) is 0 Å². The maximum Gasteiger partial charge on any atom is 0.261 e. The Morgan fingerprint density at radius 1 is 0.833 bits per heavy atom. The minimum Gasteiger partial charge on any atom is -0.286 e. The van der Waals surface area contributed by atoms with Crippen LogP contribution in [0.1, 0.15) is 0 Å². The Balaban J connectivity index is 0.000000280. The summed E-state index contributed by atoms with van der Waals surface area (Å²) in [6.45, 7) is 0. The van der Waals surface area contributed by atoms with Crippen LogP contribution in [0.15, 0.2) is 70.5 Å². The van der Waals surface area contributed by atoms with E-state index in [4.69, 9.17) is 4.55 Å². The molecule has 96 valence electrons. The largest absolute Gasteiger partial charge is 0.286 e. The van der Waals surface area contributed by atoms with Crippen molar-refractivity contribution in [1.29, 1.82) is 0 Å². The molecule has 3 nitrogen and oxygen atoms in total. The molecule has 18 heavy (non-hydrogen) atoms. The lowest BCUT2D eigenvalue weighted by atomic mass is 10.4. The van der Waals surface area contributed by atoms with Crippen LogP contribution in [-0.4, -0.2) is 19.2 Å². The first-order valence-corrected chi connectivity index (χ1v) is 7.82. The van der Waals surface area contributed by atoms with E-state index in [2.05, 4.69) is 48.5 Å². The molecule has 0 atom stereocenters. The Labute approximate surface area is 112 Å². The maximum absolute atomic E-state index is 9.19. The summed E-state index contributed by atoms with van der Waals surface area (Å²) in [6.07, 6.45) is 0.715. The quantitative estimate of drug-likeness (QED) is 0.858. The van der Waals surface area contributed by atoms with Gasteiger partial charge in [0, 0.05) is 9.79 Å². The van der Waals surface area contributed by atoms with Crippen molar-refractivity contribution >= 4 is 21.9 Å². The van der Waals surface area contributed by atoms with Gasteiger partial charge in [0.15, 0.2) is 0 Å². The van der Waals surface area contributed by atoms with Gasteiger partial charge in [-0.3, -0.25) is 4.55 Å². The average Bonchev–Trinajstić information content (AvgIpc) is 2.29. The molecule has 0 heterocycles. The molecule has 0 saturated carbocycles. The highest BCUT2D eigenvalue weighted by Gasteiger charge is 1.93. The van der Waals surface area contributed by atoms with Gasteiger partial charge in [0.05, 0.1) is 6.26 Å². The number of hydrogen-bond acceptors (Lipinski definition) is 3. The van der Waals surface area contributed by atoms with Crippen LogP contribution in [0.25, 0.3) is 0 Å². The third-order valence-corrected chi connectivity index (χ3v) is 2.74. The molecular formula is C13H14O3S2. The van der Waals surface area contributed by atoms with Crippen molar-refractivity contribution in [1.82, 2.24) is 0 Å². The molecule has 2 rings (SSSR count). The molecule has 0 aromatic heterocycles. The molecule has 0 amide bonds. The van der Waals surface area contributed by atoms with Gasteiger partial charge in [-0.15, -0.1) is 0 Å². The van der Waals surface area contributed by atoms with Gasteiger partial charge in [-0.25, -0.2) is 0 Å². The fraction of sp³-hybridized carbons (Fsp3) is 0.0769. The Morgan fingerprint density at radius 3 is 1.39 bits per heavy atom. The fourth-order valence-electron chi connectivity index (χ4n) is 1.11. The second-order valence-electron chi connectivity index (χ2n) is 3.46. The topological polar surface area (TPSA) is 54.4 Å². The van der Waals surface area contributed by atoms with Crippen LogP contribution >= 0.6 is 11.8 Å². The van der Waals surface area contributed by atoms with Gasteiger partial charge in [0.2, 0.25) is 0 Å². The number of benzene rings is 2. The average molecular weight is 282 g/mol. The summed E-state index contributed by atoms with van der Waals surface area (Å²) < 4.78 is 25.9. The number of hydrogen-bond donors (Lipinski definition) is 1. The lowest BCUT2D eigenvalue weighted by molar-refractivity contribution is 0.490. The van der Waals surface area contributed by atoms with Crippen molar-refractivity contribution in [3.05, 3.63) is 60.7 Å². The van der Waals surface area contributed by atoms with Crippen molar-refractivity contribution < 1.29 is 13.0 Å². The van der Waals surface area contributed by atoms with Crippen LogP contribution in [0.5, 0.6) is 0 Å². The molecule has 0 bridgehead atoms. The van der Waals surface area contributed by atoms with Gasteiger partial charge in [-0.2, -0.15) is 8.42 Å². The zero-order chi connectivity index (χ0) is 13.4. The van der Waals surface area contributed by atoms with Gasteiger partial charge in [0.1, 0.15) is 0 Å². The number of rotatable bonds is 2. The Bertz CT molecular complexity index is 506. The Hall–Kier alpha value is -1.30. The van der Waals surface area contributed by atoms with Gasteiger partial charge in [-0.1, -0.05) is 48.2 Å². The first-order valence-electron chi connectivity index (χ1n) is 5.15.